The number of piperazine rings is 1. The lowest BCUT2D eigenvalue weighted by atomic mass is 10.1. The smallest absolute Gasteiger partial charge is 0.254 e. The van der Waals surface area contributed by atoms with Crippen LogP contribution in [0.1, 0.15) is 30.6 Å². The number of hydrogen-bond donors (Lipinski definition) is 0. The van der Waals surface area contributed by atoms with Gasteiger partial charge in [0, 0.05) is 31.7 Å². The minimum atomic E-state index is -0.0614. The van der Waals surface area contributed by atoms with Crippen molar-refractivity contribution in [1.82, 2.24) is 4.90 Å². The van der Waals surface area contributed by atoms with E-state index < -0.39 is 0 Å². The van der Waals surface area contributed by atoms with Gasteiger partial charge in [0.15, 0.2) is 11.5 Å². The lowest BCUT2D eigenvalue weighted by Crippen LogP contribution is -2.48. The van der Waals surface area contributed by atoms with E-state index >= 15 is 0 Å². The Hall–Kier alpha value is -2.11. The van der Waals surface area contributed by atoms with E-state index in [1.54, 1.807) is 12.1 Å². The van der Waals surface area contributed by atoms with E-state index in [9.17, 15) is 4.79 Å². The van der Waals surface area contributed by atoms with E-state index in [-0.39, 0.29) is 5.91 Å². The molecule has 1 amide bonds. The number of carbonyl (C=O) groups is 1. The van der Waals surface area contributed by atoms with Gasteiger partial charge in [-0.2, -0.15) is 0 Å². The summed E-state index contributed by atoms with van der Waals surface area (Å²) in [5.74, 6) is 0.940. The Labute approximate surface area is 182 Å². The van der Waals surface area contributed by atoms with Gasteiger partial charge in [-0.15, -0.1) is 0 Å². The first-order valence-electron chi connectivity index (χ1n) is 9.93. The third-order valence-electron chi connectivity index (χ3n) is 4.77. The largest absolute Gasteiger partial charge is 0.490 e. The van der Waals surface area contributed by atoms with E-state index in [1.165, 1.54) is 0 Å². The number of rotatable bonds is 7. The molecule has 5 nitrogen and oxygen atoms in total. The van der Waals surface area contributed by atoms with E-state index in [0.717, 1.165) is 30.2 Å². The fraction of sp³-hybridized carbons (Fsp3) is 0.409. The first-order valence-corrected chi connectivity index (χ1v) is 10.7. The highest BCUT2D eigenvalue weighted by Gasteiger charge is 2.25. The van der Waals surface area contributed by atoms with Crippen molar-refractivity contribution in [3.05, 3.63) is 52.0 Å². The van der Waals surface area contributed by atoms with E-state index in [4.69, 9.17) is 32.7 Å². The van der Waals surface area contributed by atoms with E-state index in [2.05, 4.69) is 4.90 Å². The molecule has 0 N–H and O–H groups in total. The minimum absolute atomic E-state index is 0.0614. The molecule has 1 fully saturated rings. The summed E-state index contributed by atoms with van der Waals surface area (Å²) in [7, 11) is 0. The van der Waals surface area contributed by atoms with Gasteiger partial charge in [-0.25, -0.2) is 0 Å². The molecule has 0 radical (unpaired) electrons. The van der Waals surface area contributed by atoms with Crippen LogP contribution in [0.2, 0.25) is 10.0 Å². The third kappa shape index (κ3) is 5.09. The average molecular weight is 437 g/mol. The molecule has 2 aromatic carbocycles. The quantitative estimate of drug-likeness (QED) is 0.602. The van der Waals surface area contributed by atoms with Gasteiger partial charge in [-0.1, -0.05) is 42.3 Å². The molecular formula is C22H26Cl2N2O3. The van der Waals surface area contributed by atoms with Crippen molar-refractivity contribution in [2.24, 2.45) is 0 Å². The Morgan fingerprint density at radius 3 is 2.38 bits per heavy atom. The van der Waals surface area contributed by atoms with Crippen LogP contribution in [0.5, 0.6) is 11.5 Å². The lowest BCUT2D eigenvalue weighted by molar-refractivity contribution is 0.0746. The molecule has 1 saturated heterocycles. The zero-order valence-corrected chi connectivity index (χ0v) is 18.3. The summed E-state index contributed by atoms with van der Waals surface area (Å²) in [6.45, 7) is 7.58. The predicted molar refractivity (Wildman–Crippen MR) is 118 cm³/mol. The number of amides is 1. The molecule has 0 aromatic heterocycles. The number of halogens is 2. The van der Waals surface area contributed by atoms with E-state index in [0.29, 0.717) is 48.4 Å². The number of benzene rings is 2. The molecule has 3 rings (SSSR count). The fourth-order valence-electron chi connectivity index (χ4n) is 3.34. The lowest BCUT2D eigenvalue weighted by Gasteiger charge is -2.36. The van der Waals surface area contributed by atoms with Crippen LogP contribution in [0.25, 0.3) is 0 Å². The number of para-hydroxylation sites is 1. The summed E-state index contributed by atoms with van der Waals surface area (Å²) in [5.41, 5.74) is 1.51. The predicted octanol–water partition coefficient (Wildman–Crippen LogP) is 5.14. The SMILES string of the molecule is CCCOc1c(Cl)cc(C(=O)N2CCN(c3ccccc3Cl)CC2)cc1OCC. The second-order valence-electron chi connectivity index (χ2n) is 6.80. The van der Waals surface area contributed by atoms with Gasteiger partial charge in [-0.05, 0) is 37.6 Å². The minimum Gasteiger partial charge on any atom is -0.490 e. The third-order valence-corrected chi connectivity index (χ3v) is 5.37. The molecular weight excluding hydrogens is 411 g/mol. The van der Waals surface area contributed by atoms with Crippen molar-refractivity contribution < 1.29 is 14.3 Å². The summed E-state index contributed by atoms with van der Waals surface area (Å²) in [6.07, 6.45) is 0.859. The molecule has 0 atom stereocenters. The highest BCUT2D eigenvalue weighted by atomic mass is 35.5. The van der Waals surface area contributed by atoms with Gasteiger partial charge >= 0.3 is 0 Å². The molecule has 7 heteroatoms. The van der Waals surface area contributed by atoms with Crippen LogP contribution in [-0.4, -0.2) is 50.2 Å². The molecule has 1 aliphatic heterocycles. The van der Waals surface area contributed by atoms with Crippen LogP contribution in [0.4, 0.5) is 5.69 Å². The Morgan fingerprint density at radius 2 is 1.72 bits per heavy atom. The van der Waals surface area contributed by atoms with Crippen molar-refractivity contribution >= 4 is 34.8 Å². The second-order valence-corrected chi connectivity index (χ2v) is 7.61. The maximum Gasteiger partial charge on any atom is 0.254 e. The highest BCUT2D eigenvalue weighted by Crippen LogP contribution is 2.37. The second kappa shape index (κ2) is 10.1. The zero-order chi connectivity index (χ0) is 20.8. The van der Waals surface area contributed by atoms with Crippen molar-refractivity contribution in [3.63, 3.8) is 0 Å². The fourth-order valence-corrected chi connectivity index (χ4v) is 3.86. The van der Waals surface area contributed by atoms with Gasteiger partial charge in [0.2, 0.25) is 0 Å². The Balaban J connectivity index is 1.73. The normalized spacial score (nSPS) is 14.1. The summed E-state index contributed by atoms with van der Waals surface area (Å²) < 4.78 is 11.4. The molecule has 1 aliphatic rings. The van der Waals surface area contributed by atoms with Crippen molar-refractivity contribution in [3.8, 4) is 11.5 Å². The molecule has 2 aromatic rings. The molecule has 29 heavy (non-hydrogen) atoms. The Morgan fingerprint density at radius 1 is 1.00 bits per heavy atom. The Kier molecular flexibility index (Phi) is 7.51. The molecule has 156 valence electrons. The molecule has 0 aliphatic carbocycles. The summed E-state index contributed by atoms with van der Waals surface area (Å²) in [6, 6.07) is 11.2. The van der Waals surface area contributed by atoms with Crippen LogP contribution in [0, 0.1) is 0 Å². The van der Waals surface area contributed by atoms with Gasteiger partial charge in [-0.3, -0.25) is 4.79 Å². The van der Waals surface area contributed by atoms with Crippen LogP contribution in [0.3, 0.4) is 0 Å². The number of ether oxygens (including phenoxy) is 2. The zero-order valence-electron chi connectivity index (χ0n) is 16.8. The van der Waals surface area contributed by atoms with Crippen molar-refractivity contribution in [2.45, 2.75) is 20.3 Å². The van der Waals surface area contributed by atoms with Crippen molar-refractivity contribution in [1.29, 1.82) is 0 Å². The summed E-state index contributed by atoms with van der Waals surface area (Å²) >= 11 is 12.7. The molecule has 0 saturated carbocycles. The average Bonchev–Trinajstić information content (AvgIpc) is 2.73. The highest BCUT2D eigenvalue weighted by molar-refractivity contribution is 6.33. The van der Waals surface area contributed by atoms with Gasteiger partial charge in [0.05, 0.1) is 28.9 Å². The van der Waals surface area contributed by atoms with Crippen LogP contribution in [0.15, 0.2) is 36.4 Å². The standard InChI is InChI=1S/C22H26Cl2N2O3/c1-3-13-29-21-18(24)14-16(15-20(21)28-4-2)22(27)26-11-9-25(10-12-26)19-8-6-5-7-17(19)23/h5-8,14-15H,3-4,9-13H2,1-2H3. The van der Waals surface area contributed by atoms with Gasteiger partial charge < -0.3 is 19.3 Å². The number of hydrogen-bond acceptors (Lipinski definition) is 4. The topological polar surface area (TPSA) is 42.0 Å². The first kappa shape index (κ1) is 21.6. The molecule has 0 unspecified atom stereocenters. The summed E-state index contributed by atoms with van der Waals surface area (Å²) in [4.78, 5) is 17.1. The Bertz CT molecular complexity index is 852. The van der Waals surface area contributed by atoms with Crippen molar-refractivity contribution in [2.75, 3.05) is 44.3 Å². The maximum absolute atomic E-state index is 13.1. The molecule has 1 heterocycles. The van der Waals surface area contributed by atoms with Crippen LogP contribution >= 0.6 is 23.2 Å². The number of carbonyl (C=O) groups excluding carboxylic acids is 1. The van der Waals surface area contributed by atoms with Crippen LogP contribution in [-0.2, 0) is 0 Å². The summed E-state index contributed by atoms with van der Waals surface area (Å²) in [5, 5.41) is 1.12. The van der Waals surface area contributed by atoms with Crippen LogP contribution < -0.4 is 14.4 Å². The van der Waals surface area contributed by atoms with E-state index in [1.807, 2.05) is 43.0 Å². The molecule has 0 spiro atoms. The first-order chi connectivity index (χ1) is 14.0. The molecule has 0 bridgehead atoms. The maximum atomic E-state index is 13.1. The monoisotopic (exact) mass is 436 g/mol. The van der Waals surface area contributed by atoms with Gasteiger partial charge in [0.25, 0.3) is 5.91 Å². The number of anilines is 1. The van der Waals surface area contributed by atoms with Gasteiger partial charge in [0.1, 0.15) is 0 Å². The number of nitrogens with zero attached hydrogens (tertiary/aromatic N) is 2.